The molecular formula is C16H20ClN3OS. The first kappa shape index (κ1) is 15.7. The van der Waals surface area contributed by atoms with Crippen molar-refractivity contribution in [2.75, 3.05) is 23.7 Å². The van der Waals surface area contributed by atoms with Crippen LogP contribution >= 0.6 is 11.6 Å². The average Bonchev–Trinajstić information content (AvgIpc) is 2.55. The number of hydrogen-bond donors (Lipinski definition) is 0. The first-order valence-electron chi connectivity index (χ1n) is 7.63. The third-order valence-corrected chi connectivity index (χ3v) is 7.14. The van der Waals surface area contributed by atoms with Crippen molar-refractivity contribution in [2.45, 2.75) is 31.4 Å². The highest BCUT2D eigenvalue weighted by Gasteiger charge is 2.39. The van der Waals surface area contributed by atoms with Crippen molar-refractivity contribution in [3.05, 3.63) is 29.5 Å². The molecule has 1 fully saturated rings. The molecule has 0 saturated carbocycles. The molecule has 0 radical (unpaired) electrons. The number of halogens is 1. The van der Waals surface area contributed by atoms with Crippen molar-refractivity contribution in [3.63, 3.8) is 0 Å². The first-order valence-corrected chi connectivity index (χ1v) is 9.33. The van der Waals surface area contributed by atoms with E-state index in [0.29, 0.717) is 10.8 Å². The third-order valence-electron chi connectivity index (χ3n) is 4.67. The van der Waals surface area contributed by atoms with Crippen molar-refractivity contribution < 1.29 is 4.21 Å². The molecule has 1 saturated heterocycles. The highest BCUT2D eigenvalue weighted by Crippen LogP contribution is 2.33. The largest absolute Gasteiger partial charge is 0.354 e. The highest BCUT2D eigenvalue weighted by atomic mass is 35.5. The Morgan fingerprint density at radius 3 is 2.82 bits per heavy atom. The van der Waals surface area contributed by atoms with E-state index in [1.165, 1.54) is 0 Å². The molecule has 2 heterocycles. The van der Waals surface area contributed by atoms with Crippen LogP contribution in [0.3, 0.4) is 0 Å². The predicted octanol–water partition coefficient (Wildman–Crippen LogP) is 3.41. The van der Waals surface area contributed by atoms with Gasteiger partial charge in [-0.15, -0.1) is 0 Å². The van der Waals surface area contributed by atoms with Gasteiger partial charge in [0.1, 0.15) is 12.1 Å². The van der Waals surface area contributed by atoms with Gasteiger partial charge >= 0.3 is 0 Å². The van der Waals surface area contributed by atoms with E-state index in [-0.39, 0.29) is 4.75 Å². The number of anilines is 1. The fourth-order valence-corrected chi connectivity index (χ4v) is 5.08. The Balaban J connectivity index is 2.03. The smallest absolute Gasteiger partial charge is 0.139 e. The predicted molar refractivity (Wildman–Crippen MR) is 93.1 cm³/mol. The van der Waals surface area contributed by atoms with Gasteiger partial charge in [-0.3, -0.25) is 4.21 Å². The minimum absolute atomic E-state index is 0.137. The van der Waals surface area contributed by atoms with Crippen LogP contribution in [0, 0.1) is 0 Å². The maximum absolute atomic E-state index is 12.5. The van der Waals surface area contributed by atoms with Gasteiger partial charge in [0, 0.05) is 40.1 Å². The molecule has 6 heteroatoms. The van der Waals surface area contributed by atoms with Gasteiger partial charge in [-0.1, -0.05) is 25.4 Å². The van der Waals surface area contributed by atoms with Gasteiger partial charge in [-0.25, -0.2) is 9.97 Å². The molecule has 1 aromatic carbocycles. The van der Waals surface area contributed by atoms with Crippen LogP contribution in [0.5, 0.6) is 0 Å². The van der Waals surface area contributed by atoms with Crippen LogP contribution in [-0.4, -0.2) is 37.8 Å². The number of hydrogen-bond acceptors (Lipinski definition) is 4. The van der Waals surface area contributed by atoms with Crippen LogP contribution in [0.25, 0.3) is 10.9 Å². The van der Waals surface area contributed by atoms with Gasteiger partial charge in [0.05, 0.1) is 10.3 Å². The molecular weight excluding hydrogens is 318 g/mol. The maximum Gasteiger partial charge on any atom is 0.139 e. The van der Waals surface area contributed by atoms with E-state index >= 15 is 0 Å². The summed E-state index contributed by atoms with van der Waals surface area (Å²) in [4.78, 5) is 11.1. The Bertz CT molecular complexity index is 718. The van der Waals surface area contributed by atoms with Crippen LogP contribution in [-0.2, 0) is 10.8 Å². The van der Waals surface area contributed by atoms with E-state index < -0.39 is 10.8 Å². The van der Waals surface area contributed by atoms with E-state index in [1.54, 1.807) is 6.33 Å². The Hall–Kier alpha value is -1.20. The van der Waals surface area contributed by atoms with Crippen molar-refractivity contribution in [2.24, 2.45) is 0 Å². The minimum Gasteiger partial charge on any atom is -0.354 e. The minimum atomic E-state index is -0.775. The van der Waals surface area contributed by atoms with Gasteiger partial charge in [0.25, 0.3) is 0 Å². The van der Waals surface area contributed by atoms with E-state index in [0.717, 1.165) is 42.7 Å². The Morgan fingerprint density at radius 1 is 1.32 bits per heavy atom. The van der Waals surface area contributed by atoms with Gasteiger partial charge < -0.3 is 4.90 Å². The Kier molecular flexibility index (Phi) is 4.37. The summed E-state index contributed by atoms with van der Waals surface area (Å²) >= 11 is 6.05. The number of fused-ring (bicyclic) bond motifs is 1. The van der Waals surface area contributed by atoms with Crippen LogP contribution in [0.4, 0.5) is 5.82 Å². The van der Waals surface area contributed by atoms with Crippen molar-refractivity contribution in [3.8, 4) is 0 Å². The van der Waals surface area contributed by atoms with Crippen LogP contribution in [0.1, 0.15) is 26.7 Å². The fourth-order valence-electron chi connectivity index (χ4n) is 3.15. The van der Waals surface area contributed by atoms with Gasteiger partial charge in [0.2, 0.25) is 0 Å². The normalized spacial score (nSPS) is 21.2. The quantitative estimate of drug-likeness (QED) is 0.861. The molecule has 2 aromatic rings. The van der Waals surface area contributed by atoms with Gasteiger partial charge in [-0.05, 0) is 31.0 Å². The summed E-state index contributed by atoms with van der Waals surface area (Å²) in [6, 6.07) is 5.70. The fraction of sp³-hybridized carbons (Fsp3) is 0.500. The molecule has 0 spiro atoms. The van der Waals surface area contributed by atoms with Gasteiger partial charge in [0.15, 0.2) is 0 Å². The molecule has 0 amide bonds. The van der Waals surface area contributed by atoms with E-state index in [2.05, 4.69) is 28.7 Å². The summed E-state index contributed by atoms with van der Waals surface area (Å²) < 4.78 is 12.4. The zero-order valence-corrected chi connectivity index (χ0v) is 14.5. The van der Waals surface area contributed by atoms with Crippen molar-refractivity contribution >= 4 is 39.1 Å². The Labute approximate surface area is 138 Å². The number of rotatable bonds is 3. The molecule has 1 aliphatic heterocycles. The zero-order valence-electron chi connectivity index (χ0n) is 12.9. The molecule has 1 atom stereocenters. The second kappa shape index (κ2) is 6.13. The van der Waals surface area contributed by atoms with Crippen LogP contribution < -0.4 is 4.90 Å². The molecule has 1 aliphatic rings. The Morgan fingerprint density at radius 2 is 2.09 bits per heavy atom. The summed E-state index contributed by atoms with van der Waals surface area (Å²) in [5.74, 6) is 1.62. The van der Waals surface area contributed by atoms with Gasteiger partial charge in [-0.2, -0.15) is 0 Å². The second-order valence-electron chi connectivity index (χ2n) is 5.72. The average molecular weight is 338 g/mol. The lowest BCUT2D eigenvalue weighted by Gasteiger charge is -2.41. The summed E-state index contributed by atoms with van der Waals surface area (Å²) in [5, 5.41) is 1.68. The first-order chi connectivity index (χ1) is 10.6. The number of aromatic nitrogens is 2. The lowest BCUT2D eigenvalue weighted by molar-refractivity contribution is 0.495. The molecule has 4 nitrogen and oxygen atoms in total. The molecule has 0 bridgehead atoms. The maximum atomic E-state index is 12.5. The standard InChI is InChI=1S/C16H20ClN3OS/c1-3-16(4-2)10-20(7-8-22(16)21)15-13-6-5-12(17)9-14(13)18-11-19-15/h5-6,9,11H,3-4,7-8,10H2,1-2H3. The third kappa shape index (κ3) is 2.61. The lowest BCUT2D eigenvalue weighted by Crippen LogP contribution is -2.53. The molecule has 1 aromatic heterocycles. The molecule has 118 valence electrons. The van der Waals surface area contributed by atoms with E-state index in [1.807, 2.05) is 18.2 Å². The molecule has 22 heavy (non-hydrogen) atoms. The molecule has 1 unspecified atom stereocenters. The van der Waals surface area contributed by atoms with E-state index in [9.17, 15) is 4.21 Å². The topological polar surface area (TPSA) is 46.1 Å². The van der Waals surface area contributed by atoms with Crippen molar-refractivity contribution in [1.29, 1.82) is 0 Å². The second-order valence-corrected chi connectivity index (χ2v) is 8.12. The number of benzene rings is 1. The lowest BCUT2D eigenvalue weighted by atomic mass is 10.0. The van der Waals surface area contributed by atoms with Crippen molar-refractivity contribution in [1.82, 2.24) is 9.97 Å². The molecule has 0 N–H and O–H groups in total. The zero-order chi connectivity index (χ0) is 15.7. The summed E-state index contributed by atoms with van der Waals surface area (Å²) in [5.41, 5.74) is 0.850. The molecule has 0 aliphatic carbocycles. The SMILES string of the molecule is CCC1(CC)CN(c2ncnc3cc(Cl)ccc23)CCS1=O. The molecule has 3 rings (SSSR count). The highest BCUT2D eigenvalue weighted by molar-refractivity contribution is 7.86. The summed E-state index contributed by atoms with van der Waals surface area (Å²) in [6.45, 7) is 5.80. The van der Waals surface area contributed by atoms with E-state index in [4.69, 9.17) is 11.6 Å². The monoisotopic (exact) mass is 337 g/mol. The summed E-state index contributed by atoms with van der Waals surface area (Å²) in [6.07, 6.45) is 3.42. The van der Waals surface area contributed by atoms with Crippen LogP contribution in [0.15, 0.2) is 24.5 Å². The number of nitrogens with zero attached hydrogens (tertiary/aromatic N) is 3. The van der Waals surface area contributed by atoms with Crippen LogP contribution in [0.2, 0.25) is 5.02 Å². The summed E-state index contributed by atoms with van der Waals surface area (Å²) in [7, 11) is -0.775.